The molecule has 0 aliphatic heterocycles. The van der Waals surface area contributed by atoms with E-state index in [1.165, 1.54) is 18.2 Å². The van der Waals surface area contributed by atoms with Gasteiger partial charge in [0.2, 0.25) is 0 Å². The number of halogens is 1. The number of hydrogen-bond donors (Lipinski definition) is 2. The molecule has 7 heteroatoms. The van der Waals surface area contributed by atoms with E-state index in [0.29, 0.717) is 17.3 Å². The Morgan fingerprint density at radius 2 is 2.20 bits per heavy atom. The number of hydrogen-bond acceptors (Lipinski definition) is 3. The molecule has 2 heterocycles. The summed E-state index contributed by atoms with van der Waals surface area (Å²) in [7, 11) is 0. The first-order chi connectivity index (χ1) is 9.51. The van der Waals surface area contributed by atoms with E-state index in [9.17, 15) is 9.59 Å². The lowest BCUT2D eigenvalue weighted by Gasteiger charge is -2.07. The maximum absolute atomic E-state index is 12.1. The summed E-state index contributed by atoms with van der Waals surface area (Å²) in [5.74, 6) is -1.37. The van der Waals surface area contributed by atoms with Gasteiger partial charge < -0.3 is 15.0 Å². The smallest absolute Gasteiger partial charge is 0.354 e. The molecule has 0 saturated heterocycles. The number of carbonyl (C=O) groups excluding carboxylic acids is 1. The Bertz CT molecular complexity index is 667. The molecule has 6 nitrogen and oxygen atoms in total. The first kappa shape index (κ1) is 14.1. The molecule has 1 amide bonds. The quantitative estimate of drug-likeness (QED) is 0.907. The van der Waals surface area contributed by atoms with Gasteiger partial charge in [0.25, 0.3) is 5.91 Å². The van der Waals surface area contributed by atoms with E-state index >= 15 is 0 Å². The number of nitrogens with one attached hydrogen (secondary N) is 1. The van der Waals surface area contributed by atoms with Gasteiger partial charge in [-0.2, -0.15) is 0 Å². The lowest BCUT2D eigenvalue weighted by Crippen LogP contribution is -2.17. The van der Waals surface area contributed by atoms with Crippen LogP contribution >= 0.6 is 11.6 Å². The van der Waals surface area contributed by atoms with E-state index in [-0.39, 0.29) is 11.5 Å². The number of carboxylic acid groups (broad SMARTS) is 1. The monoisotopic (exact) mass is 293 g/mol. The van der Waals surface area contributed by atoms with Crippen molar-refractivity contribution in [2.45, 2.75) is 13.5 Å². The van der Waals surface area contributed by atoms with E-state index in [0.717, 1.165) is 0 Å². The number of carbonyl (C=O) groups is 2. The van der Waals surface area contributed by atoms with Crippen molar-refractivity contribution in [3.8, 4) is 0 Å². The summed E-state index contributed by atoms with van der Waals surface area (Å²) in [4.78, 5) is 26.8. The minimum absolute atomic E-state index is 0.133. The summed E-state index contributed by atoms with van der Waals surface area (Å²) in [6.45, 7) is 2.48. The third kappa shape index (κ3) is 2.97. The fraction of sp³-hybridized carbons (Fsp3) is 0.154. The molecule has 0 fully saturated rings. The predicted octanol–water partition coefficient (Wildman–Crippen LogP) is 2.51. The molecule has 0 saturated carbocycles. The van der Waals surface area contributed by atoms with Crippen LogP contribution in [0.5, 0.6) is 0 Å². The first-order valence-electron chi connectivity index (χ1n) is 5.88. The number of carboxylic acids is 1. The van der Waals surface area contributed by atoms with Crippen LogP contribution in [0.25, 0.3) is 0 Å². The van der Waals surface area contributed by atoms with Gasteiger partial charge in [0.05, 0.1) is 5.02 Å². The maximum atomic E-state index is 12.1. The summed E-state index contributed by atoms with van der Waals surface area (Å²) in [5.41, 5.74) is 0.256. The molecule has 2 N–H and O–H groups in total. The third-order valence-electron chi connectivity index (χ3n) is 2.65. The average Bonchev–Trinajstić information content (AvgIpc) is 2.80. The second kappa shape index (κ2) is 5.75. The molecule has 2 rings (SSSR count). The second-order valence-electron chi connectivity index (χ2n) is 4.00. The Hall–Kier alpha value is -2.34. The molecule has 0 bridgehead atoms. The van der Waals surface area contributed by atoms with Crippen molar-refractivity contribution in [2.75, 3.05) is 5.32 Å². The minimum atomic E-state index is -1.15. The van der Waals surface area contributed by atoms with Crippen LogP contribution in [0, 0.1) is 0 Å². The Kier molecular flexibility index (Phi) is 4.05. The number of amides is 1. The Balaban J connectivity index is 2.23. The van der Waals surface area contributed by atoms with Crippen molar-refractivity contribution >= 4 is 29.3 Å². The fourth-order valence-corrected chi connectivity index (χ4v) is 1.95. The van der Waals surface area contributed by atoms with Gasteiger partial charge in [-0.25, -0.2) is 9.78 Å². The highest BCUT2D eigenvalue weighted by Crippen LogP contribution is 2.15. The molecule has 0 radical (unpaired) electrons. The van der Waals surface area contributed by atoms with E-state index in [4.69, 9.17) is 16.7 Å². The van der Waals surface area contributed by atoms with Gasteiger partial charge in [0.15, 0.2) is 5.69 Å². The van der Waals surface area contributed by atoms with Gasteiger partial charge in [-0.05, 0) is 25.1 Å². The fourth-order valence-electron chi connectivity index (χ4n) is 1.73. The molecule has 0 aliphatic carbocycles. The van der Waals surface area contributed by atoms with Gasteiger partial charge in [-0.1, -0.05) is 17.7 Å². The van der Waals surface area contributed by atoms with Gasteiger partial charge in [-0.15, -0.1) is 0 Å². The number of aromatic nitrogens is 2. The number of pyridine rings is 1. The summed E-state index contributed by atoms with van der Waals surface area (Å²) in [5, 5.41) is 11.9. The van der Waals surface area contributed by atoms with Gasteiger partial charge in [0, 0.05) is 12.7 Å². The van der Waals surface area contributed by atoms with Gasteiger partial charge in [-0.3, -0.25) is 4.79 Å². The molecular formula is C13H12ClN3O3. The van der Waals surface area contributed by atoms with Crippen LogP contribution in [0.15, 0.2) is 30.5 Å². The third-order valence-corrected chi connectivity index (χ3v) is 2.85. The Labute approximate surface area is 120 Å². The molecule has 2 aromatic rings. The van der Waals surface area contributed by atoms with E-state index < -0.39 is 11.9 Å². The van der Waals surface area contributed by atoms with Crippen molar-refractivity contribution in [1.82, 2.24) is 9.55 Å². The molecule has 0 spiro atoms. The molecule has 20 heavy (non-hydrogen) atoms. The van der Waals surface area contributed by atoms with Crippen LogP contribution in [0.1, 0.15) is 27.9 Å². The van der Waals surface area contributed by atoms with Crippen molar-refractivity contribution in [3.63, 3.8) is 0 Å². The van der Waals surface area contributed by atoms with Crippen molar-refractivity contribution in [2.24, 2.45) is 0 Å². The Morgan fingerprint density at radius 1 is 1.45 bits per heavy atom. The average molecular weight is 294 g/mol. The largest absolute Gasteiger partial charge is 0.477 e. The topological polar surface area (TPSA) is 84.2 Å². The summed E-state index contributed by atoms with van der Waals surface area (Å²) >= 11 is 5.86. The zero-order valence-electron chi connectivity index (χ0n) is 10.6. The molecule has 0 atom stereocenters. The molecule has 0 aromatic carbocycles. The van der Waals surface area contributed by atoms with Crippen LogP contribution < -0.4 is 5.32 Å². The van der Waals surface area contributed by atoms with Crippen molar-refractivity contribution in [1.29, 1.82) is 0 Å². The molecular weight excluding hydrogens is 282 g/mol. The lowest BCUT2D eigenvalue weighted by molar-refractivity contribution is 0.0690. The summed E-state index contributed by atoms with van der Waals surface area (Å²) in [6, 6.07) is 5.92. The molecule has 2 aromatic heterocycles. The van der Waals surface area contributed by atoms with Gasteiger partial charge in [0.1, 0.15) is 11.5 Å². The Morgan fingerprint density at radius 3 is 2.85 bits per heavy atom. The minimum Gasteiger partial charge on any atom is -0.477 e. The van der Waals surface area contributed by atoms with E-state index in [1.807, 2.05) is 6.92 Å². The zero-order chi connectivity index (χ0) is 14.7. The zero-order valence-corrected chi connectivity index (χ0v) is 11.4. The number of anilines is 1. The standard InChI is InChI=1S/C13H12ClN3O3/c1-2-17-7-8(14)6-10(17)12(18)16-11-5-3-4-9(15-11)13(19)20/h3-7H,2H2,1H3,(H,19,20)(H,15,16,18). The van der Waals surface area contributed by atoms with Crippen LogP contribution in [-0.4, -0.2) is 26.5 Å². The maximum Gasteiger partial charge on any atom is 0.354 e. The number of rotatable bonds is 4. The normalized spacial score (nSPS) is 10.3. The van der Waals surface area contributed by atoms with E-state index in [2.05, 4.69) is 10.3 Å². The molecule has 104 valence electrons. The summed E-state index contributed by atoms with van der Waals surface area (Å²) in [6.07, 6.45) is 1.65. The SMILES string of the molecule is CCn1cc(Cl)cc1C(=O)Nc1cccc(C(=O)O)n1. The number of nitrogens with zero attached hydrogens (tertiary/aromatic N) is 2. The molecule has 0 unspecified atom stereocenters. The number of aryl methyl sites for hydroxylation is 1. The van der Waals surface area contributed by atoms with Crippen LogP contribution in [0.2, 0.25) is 5.02 Å². The van der Waals surface area contributed by atoms with E-state index in [1.54, 1.807) is 16.8 Å². The first-order valence-corrected chi connectivity index (χ1v) is 6.26. The highest BCUT2D eigenvalue weighted by molar-refractivity contribution is 6.31. The molecule has 0 aliphatic rings. The lowest BCUT2D eigenvalue weighted by atomic mass is 10.3. The second-order valence-corrected chi connectivity index (χ2v) is 4.43. The highest BCUT2D eigenvalue weighted by Gasteiger charge is 2.14. The highest BCUT2D eigenvalue weighted by atomic mass is 35.5. The number of aromatic carboxylic acids is 1. The summed E-state index contributed by atoms with van der Waals surface area (Å²) < 4.78 is 1.69. The van der Waals surface area contributed by atoms with Crippen LogP contribution in [0.3, 0.4) is 0 Å². The predicted molar refractivity (Wildman–Crippen MR) is 74.3 cm³/mol. The van der Waals surface area contributed by atoms with Crippen LogP contribution in [-0.2, 0) is 6.54 Å². The van der Waals surface area contributed by atoms with Crippen LogP contribution in [0.4, 0.5) is 5.82 Å². The van der Waals surface area contributed by atoms with Crippen molar-refractivity contribution < 1.29 is 14.7 Å². The van der Waals surface area contributed by atoms with Crippen molar-refractivity contribution in [3.05, 3.63) is 46.9 Å². The van der Waals surface area contributed by atoms with Gasteiger partial charge >= 0.3 is 5.97 Å².